The van der Waals surface area contributed by atoms with E-state index in [0.29, 0.717) is 41.1 Å². The van der Waals surface area contributed by atoms with Gasteiger partial charge in [0.2, 0.25) is 11.7 Å². The summed E-state index contributed by atoms with van der Waals surface area (Å²) in [5.74, 6) is 2.07. The maximum absolute atomic E-state index is 12.5. The molecule has 0 aromatic carbocycles. The van der Waals surface area contributed by atoms with Crippen LogP contribution < -0.4 is 9.47 Å². The molecule has 12 heteroatoms. The van der Waals surface area contributed by atoms with Crippen LogP contribution in [0.2, 0.25) is 0 Å². The zero-order valence-corrected chi connectivity index (χ0v) is 20.9. The molecule has 1 fully saturated rings. The number of carbonyl (C=O) groups is 1. The second-order valence-electron chi connectivity index (χ2n) is 9.38. The zero-order chi connectivity index (χ0) is 25.4. The maximum atomic E-state index is 12.5. The van der Waals surface area contributed by atoms with Gasteiger partial charge < -0.3 is 18.9 Å². The Morgan fingerprint density at radius 2 is 2.00 bits per heavy atom. The molecule has 2 aliphatic rings. The van der Waals surface area contributed by atoms with Crippen LogP contribution >= 0.6 is 0 Å². The largest absolute Gasteiger partial charge is 0.491 e. The fourth-order valence-corrected chi connectivity index (χ4v) is 4.81. The summed E-state index contributed by atoms with van der Waals surface area (Å²) in [6, 6.07) is 7.51. The number of fused-ring (bicyclic) bond motifs is 2. The average molecular weight is 505 g/mol. The van der Waals surface area contributed by atoms with Gasteiger partial charge in [0, 0.05) is 50.4 Å². The smallest absolute Gasteiger partial charge is 0.275 e. The van der Waals surface area contributed by atoms with Crippen molar-refractivity contribution in [2.24, 2.45) is 0 Å². The molecule has 6 heterocycles. The van der Waals surface area contributed by atoms with Gasteiger partial charge in [0.25, 0.3) is 5.88 Å². The number of hydrogen-bond acceptors (Lipinski definition) is 10. The number of aryl methyl sites for hydroxylation is 1. The van der Waals surface area contributed by atoms with Crippen molar-refractivity contribution in [3.05, 3.63) is 47.0 Å². The van der Waals surface area contributed by atoms with Crippen molar-refractivity contribution >= 4 is 11.6 Å². The molecule has 0 saturated carbocycles. The van der Waals surface area contributed by atoms with Crippen LogP contribution in [-0.4, -0.2) is 78.9 Å². The van der Waals surface area contributed by atoms with Crippen LogP contribution in [0, 0.1) is 6.92 Å². The minimum atomic E-state index is 0.222. The van der Waals surface area contributed by atoms with Crippen molar-refractivity contribution in [1.29, 1.82) is 0 Å². The Balaban J connectivity index is 1.15. The molecule has 0 unspecified atom stereocenters. The average Bonchev–Trinajstić information content (AvgIpc) is 3.68. The molecule has 0 atom stereocenters. The van der Waals surface area contributed by atoms with E-state index in [4.69, 9.17) is 19.0 Å². The SMILES string of the molecule is COc1cc2nnc(-c3cc(C)on3)n2nc1OCc1ccc2c(n1)CCN(CC(=O)N1CCCC1)C2. The molecule has 1 saturated heterocycles. The van der Waals surface area contributed by atoms with Gasteiger partial charge in [-0.2, -0.15) is 4.52 Å². The van der Waals surface area contributed by atoms with Crippen LogP contribution in [0.1, 0.15) is 35.6 Å². The number of likely N-dealkylation sites (tertiary alicyclic amines) is 1. The van der Waals surface area contributed by atoms with E-state index >= 15 is 0 Å². The number of amides is 1. The molecule has 0 radical (unpaired) electrons. The lowest BCUT2D eigenvalue weighted by atomic mass is 10.0. The summed E-state index contributed by atoms with van der Waals surface area (Å²) in [6.45, 7) is 5.82. The zero-order valence-electron chi connectivity index (χ0n) is 20.9. The maximum Gasteiger partial charge on any atom is 0.275 e. The molecule has 2 aliphatic heterocycles. The lowest BCUT2D eigenvalue weighted by molar-refractivity contribution is -0.131. The Morgan fingerprint density at radius 1 is 1.14 bits per heavy atom. The predicted octanol–water partition coefficient (Wildman–Crippen LogP) is 2.05. The van der Waals surface area contributed by atoms with E-state index in [-0.39, 0.29) is 12.5 Å². The quantitative estimate of drug-likeness (QED) is 0.369. The van der Waals surface area contributed by atoms with Crippen LogP contribution in [-0.2, 0) is 24.4 Å². The number of aromatic nitrogens is 6. The minimum absolute atomic E-state index is 0.222. The normalized spacial score (nSPS) is 15.8. The summed E-state index contributed by atoms with van der Waals surface area (Å²) in [6.07, 6.45) is 3.02. The van der Waals surface area contributed by atoms with Gasteiger partial charge >= 0.3 is 0 Å². The van der Waals surface area contributed by atoms with E-state index in [1.165, 1.54) is 0 Å². The molecule has 4 aromatic heterocycles. The van der Waals surface area contributed by atoms with Crippen LogP contribution in [0.3, 0.4) is 0 Å². The first-order valence-corrected chi connectivity index (χ1v) is 12.4. The fraction of sp³-hybridized carbons (Fsp3) is 0.440. The lowest BCUT2D eigenvalue weighted by Crippen LogP contribution is -2.41. The van der Waals surface area contributed by atoms with E-state index < -0.39 is 0 Å². The van der Waals surface area contributed by atoms with E-state index in [2.05, 4.69) is 31.4 Å². The Bertz CT molecular complexity index is 1440. The molecule has 0 aliphatic carbocycles. The molecular weight excluding hydrogens is 476 g/mol. The number of ether oxygens (including phenoxy) is 2. The van der Waals surface area contributed by atoms with Gasteiger partial charge in [0.1, 0.15) is 12.4 Å². The minimum Gasteiger partial charge on any atom is -0.491 e. The molecule has 1 amide bonds. The van der Waals surface area contributed by atoms with Crippen LogP contribution in [0.15, 0.2) is 28.8 Å². The molecule has 0 bridgehead atoms. The lowest BCUT2D eigenvalue weighted by Gasteiger charge is -2.29. The number of hydrogen-bond donors (Lipinski definition) is 0. The molecule has 0 N–H and O–H groups in total. The molecule has 192 valence electrons. The summed E-state index contributed by atoms with van der Waals surface area (Å²) in [4.78, 5) is 21.5. The van der Waals surface area contributed by atoms with Gasteiger partial charge in [0.05, 0.1) is 19.3 Å². The van der Waals surface area contributed by atoms with Gasteiger partial charge in [0.15, 0.2) is 17.1 Å². The van der Waals surface area contributed by atoms with Crippen molar-refractivity contribution in [2.45, 2.75) is 39.3 Å². The predicted molar refractivity (Wildman–Crippen MR) is 131 cm³/mol. The summed E-state index contributed by atoms with van der Waals surface area (Å²) in [5.41, 5.74) is 4.02. The van der Waals surface area contributed by atoms with Crippen molar-refractivity contribution < 1.29 is 18.8 Å². The second-order valence-corrected chi connectivity index (χ2v) is 9.38. The first-order valence-electron chi connectivity index (χ1n) is 12.4. The Morgan fingerprint density at radius 3 is 2.78 bits per heavy atom. The van der Waals surface area contributed by atoms with E-state index in [0.717, 1.165) is 62.4 Å². The number of carbonyl (C=O) groups excluding carboxylic acids is 1. The van der Waals surface area contributed by atoms with Crippen LogP contribution in [0.5, 0.6) is 11.6 Å². The highest BCUT2D eigenvalue weighted by molar-refractivity contribution is 5.78. The van der Waals surface area contributed by atoms with Crippen molar-refractivity contribution in [3.63, 3.8) is 0 Å². The highest BCUT2D eigenvalue weighted by Crippen LogP contribution is 2.28. The highest BCUT2D eigenvalue weighted by Gasteiger charge is 2.24. The van der Waals surface area contributed by atoms with Crippen LogP contribution in [0.4, 0.5) is 0 Å². The number of pyridine rings is 1. The molecule has 0 spiro atoms. The third-order valence-corrected chi connectivity index (χ3v) is 6.76. The van der Waals surface area contributed by atoms with Crippen LogP contribution in [0.25, 0.3) is 17.2 Å². The highest BCUT2D eigenvalue weighted by atomic mass is 16.5. The number of nitrogens with zero attached hydrogens (tertiary/aromatic N) is 8. The summed E-state index contributed by atoms with van der Waals surface area (Å²) in [5, 5.41) is 16.9. The number of rotatable bonds is 7. The molecule has 6 rings (SSSR count). The van der Waals surface area contributed by atoms with E-state index in [9.17, 15) is 4.79 Å². The molecular formula is C25H28N8O4. The Labute approximate surface area is 213 Å². The fourth-order valence-electron chi connectivity index (χ4n) is 4.81. The van der Waals surface area contributed by atoms with E-state index in [1.54, 1.807) is 23.8 Å². The third-order valence-electron chi connectivity index (χ3n) is 6.76. The first-order chi connectivity index (χ1) is 18.1. The molecule has 4 aromatic rings. The van der Waals surface area contributed by atoms with Gasteiger partial charge in [-0.3, -0.25) is 14.7 Å². The van der Waals surface area contributed by atoms with Gasteiger partial charge in [-0.1, -0.05) is 11.2 Å². The third kappa shape index (κ3) is 4.71. The Hall–Kier alpha value is -4.06. The first kappa shape index (κ1) is 23.3. The van der Waals surface area contributed by atoms with E-state index in [1.807, 2.05) is 17.9 Å². The summed E-state index contributed by atoms with van der Waals surface area (Å²) in [7, 11) is 1.55. The van der Waals surface area contributed by atoms with Gasteiger partial charge in [-0.15, -0.1) is 15.3 Å². The molecule has 12 nitrogen and oxygen atoms in total. The standard InChI is InChI=1S/C25H28N8O4/c1-16-11-20(30-37-16)24-28-27-22-12-21(35-2)25(29-33(22)24)36-15-18-6-5-17-13-31(10-7-19(17)26-18)14-23(34)32-8-3-4-9-32/h5-6,11-12H,3-4,7-10,13-15H2,1-2H3. The number of methoxy groups -OCH3 is 1. The summed E-state index contributed by atoms with van der Waals surface area (Å²) >= 11 is 0. The molecule has 37 heavy (non-hydrogen) atoms. The monoisotopic (exact) mass is 504 g/mol. The van der Waals surface area contributed by atoms with Crippen molar-refractivity contribution in [1.82, 2.24) is 39.8 Å². The van der Waals surface area contributed by atoms with Gasteiger partial charge in [-0.25, -0.2) is 0 Å². The van der Waals surface area contributed by atoms with Gasteiger partial charge in [-0.05, 0) is 31.4 Å². The second kappa shape index (κ2) is 9.77. The summed E-state index contributed by atoms with van der Waals surface area (Å²) < 4.78 is 18.2. The van der Waals surface area contributed by atoms with Crippen molar-refractivity contribution in [3.8, 4) is 23.1 Å². The topological polar surface area (TPSA) is 124 Å². The Kier molecular flexibility index (Phi) is 6.16. The van der Waals surface area contributed by atoms with Crippen molar-refractivity contribution in [2.75, 3.05) is 33.3 Å².